The molecule has 0 saturated carbocycles. The molecule has 5 aromatic heterocycles. The molecule has 0 spiro atoms. The Morgan fingerprint density at radius 2 is 0.659 bits per heavy atom. The van der Waals surface area contributed by atoms with Gasteiger partial charge in [0.2, 0.25) is 0 Å². The Morgan fingerprint density at radius 1 is 0.220 bits per heavy atom. The first-order chi connectivity index (χ1) is 45.1. The van der Waals surface area contributed by atoms with E-state index in [4.69, 9.17) is 8.83 Å². The molecule has 0 radical (unpaired) electrons. The number of para-hydroxylation sites is 3. The lowest BCUT2D eigenvalue weighted by atomic mass is 9.92. The first-order valence-electron chi connectivity index (χ1n) is 30.8. The second-order valence-electron chi connectivity index (χ2n) is 23.8. The molecule has 0 aliphatic heterocycles. The van der Waals surface area contributed by atoms with Gasteiger partial charge >= 0.3 is 0 Å². The number of hydrogen-bond acceptors (Lipinski definition) is 7. The predicted octanol–water partition coefficient (Wildman–Crippen LogP) is 26.3. The number of fused-ring (bicyclic) bond motifs is 21. The van der Waals surface area contributed by atoms with Crippen molar-refractivity contribution in [2.24, 2.45) is 0 Å². The standard InChI is InChI=1S/C84H48N2O2S3/c1-2-21-59-58(20-1)68-44-53(85(54-37-40-77-71(45-54)62-23-4-7-32-75(62)87-77)51-18-11-16-49(42-51)56-26-13-29-66-63-24-5-9-34-78(63)90-83(56)66)36-39-60(68)70-48-81-73(47-69(59)70)72-46-55(38-41-80(72)89-81)86(74-31-15-28-65-61-22-3-8-33-76(61)88-82(65)74)52-19-12-17-50(43-52)57-27-14-30-67-64-25-6-10-35-79(64)91-84(57)67/h1-48H. The normalized spacial score (nSPS) is 12.2. The number of furan rings is 2. The van der Waals surface area contributed by atoms with Crippen LogP contribution in [0.15, 0.2) is 300 Å². The molecule has 20 aromatic rings. The molecule has 15 aromatic carbocycles. The average molecular weight is 1210 g/mol. The summed E-state index contributed by atoms with van der Waals surface area (Å²) in [6.07, 6.45) is 0. The average Bonchev–Trinajstić information content (AvgIpc) is 1.84. The monoisotopic (exact) mass is 1210 g/mol. The van der Waals surface area contributed by atoms with Crippen LogP contribution >= 0.6 is 34.0 Å². The van der Waals surface area contributed by atoms with Crippen molar-refractivity contribution in [3.63, 3.8) is 0 Å². The number of benzene rings is 15. The molecule has 0 unspecified atom stereocenters. The fraction of sp³-hybridized carbons (Fsp3) is 0. The third kappa shape index (κ3) is 7.79. The minimum Gasteiger partial charge on any atom is -0.456 e. The van der Waals surface area contributed by atoms with Crippen LogP contribution in [0.4, 0.5) is 34.1 Å². The molecule has 0 fully saturated rings. The van der Waals surface area contributed by atoms with Crippen molar-refractivity contribution in [3.8, 4) is 22.3 Å². The van der Waals surface area contributed by atoms with Crippen molar-refractivity contribution in [1.82, 2.24) is 0 Å². The van der Waals surface area contributed by atoms with Crippen LogP contribution in [0.2, 0.25) is 0 Å². The first kappa shape index (κ1) is 50.9. The highest BCUT2D eigenvalue weighted by Gasteiger charge is 2.24. The fourth-order valence-electron chi connectivity index (χ4n) is 14.7. The summed E-state index contributed by atoms with van der Waals surface area (Å²) < 4.78 is 21.0. The van der Waals surface area contributed by atoms with Crippen molar-refractivity contribution in [2.75, 3.05) is 9.80 Å². The van der Waals surface area contributed by atoms with E-state index in [0.29, 0.717) is 0 Å². The predicted molar refractivity (Wildman–Crippen MR) is 392 cm³/mol. The van der Waals surface area contributed by atoms with Gasteiger partial charge in [0.25, 0.3) is 0 Å². The molecule has 5 heterocycles. The fourth-order valence-corrected chi connectivity index (χ4v) is 18.3. The minimum atomic E-state index is 0.855. The molecule has 0 amide bonds. The van der Waals surface area contributed by atoms with Gasteiger partial charge in [-0.1, -0.05) is 176 Å². The summed E-state index contributed by atoms with van der Waals surface area (Å²) in [5.41, 5.74) is 14.6. The van der Waals surface area contributed by atoms with Crippen molar-refractivity contribution < 1.29 is 8.83 Å². The Bertz CT molecular complexity index is 6460. The Kier molecular flexibility index (Phi) is 11.0. The Balaban J connectivity index is 0.760. The summed E-state index contributed by atoms with van der Waals surface area (Å²) >= 11 is 5.60. The van der Waals surface area contributed by atoms with Gasteiger partial charge in [-0.15, -0.1) is 34.0 Å². The minimum absolute atomic E-state index is 0.855. The van der Waals surface area contributed by atoms with Crippen molar-refractivity contribution in [1.29, 1.82) is 0 Å². The third-order valence-corrected chi connectivity index (χ3v) is 22.4. The maximum atomic E-state index is 6.87. The Labute approximate surface area is 533 Å². The van der Waals surface area contributed by atoms with Crippen LogP contribution in [0.3, 0.4) is 0 Å². The molecule has 0 atom stereocenters. The number of nitrogens with zero attached hydrogens (tertiary/aromatic N) is 2. The van der Waals surface area contributed by atoms with Crippen LogP contribution in [0, 0.1) is 0 Å². The Morgan fingerprint density at radius 3 is 1.35 bits per heavy atom. The van der Waals surface area contributed by atoms with E-state index in [0.717, 1.165) is 78.0 Å². The highest BCUT2D eigenvalue weighted by atomic mass is 32.1. The highest BCUT2D eigenvalue weighted by Crippen LogP contribution is 2.50. The Hall–Kier alpha value is -11.1. The molecule has 0 saturated heterocycles. The highest BCUT2D eigenvalue weighted by molar-refractivity contribution is 7.27. The van der Waals surface area contributed by atoms with E-state index < -0.39 is 0 Å². The molecule has 0 N–H and O–H groups in total. The lowest BCUT2D eigenvalue weighted by Gasteiger charge is -2.27. The van der Waals surface area contributed by atoms with E-state index in [1.807, 2.05) is 40.1 Å². The number of anilines is 6. The largest absolute Gasteiger partial charge is 0.456 e. The van der Waals surface area contributed by atoms with Gasteiger partial charge in [-0.2, -0.15) is 0 Å². The van der Waals surface area contributed by atoms with Crippen LogP contribution in [0.5, 0.6) is 0 Å². The zero-order chi connectivity index (χ0) is 59.4. The van der Waals surface area contributed by atoms with E-state index in [1.165, 1.54) is 115 Å². The van der Waals surface area contributed by atoms with Gasteiger partial charge in [-0.3, -0.25) is 0 Å². The van der Waals surface area contributed by atoms with Gasteiger partial charge in [0.15, 0.2) is 5.58 Å². The summed E-state index contributed by atoms with van der Waals surface area (Å²) in [5, 5.41) is 19.3. The summed E-state index contributed by atoms with van der Waals surface area (Å²) in [4.78, 5) is 4.84. The van der Waals surface area contributed by atoms with Crippen LogP contribution in [0.1, 0.15) is 0 Å². The topological polar surface area (TPSA) is 32.8 Å². The quantitative estimate of drug-likeness (QED) is 0.142. The maximum absolute atomic E-state index is 6.87. The van der Waals surface area contributed by atoms with Crippen LogP contribution in [0.25, 0.3) is 159 Å². The van der Waals surface area contributed by atoms with E-state index >= 15 is 0 Å². The number of thiophene rings is 3. The summed E-state index contributed by atoms with van der Waals surface area (Å²) in [7, 11) is 0. The SMILES string of the molecule is c1cc(-c2cccc3c2sc2ccccc23)cc(N(c2ccc3oc4ccccc4c3c2)c2ccc3c(c2)c2ccccc2c2cc4c(cc32)sc2ccc(N(c3cccc(-c5cccc6c5sc5ccccc56)c3)c3cccc5c3oc3ccccc35)cc24)c1. The molecule has 0 aliphatic carbocycles. The molecule has 7 heteroatoms. The molecule has 424 valence electrons. The van der Waals surface area contributed by atoms with E-state index in [-0.39, 0.29) is 0 Å². The van der Waals surface area contributed by atoms with Gasteiger partial charge < -0.3 is 18.6 Å². The molecular weight excluding hydrogens is 1170 g/mol. The molecule has 0 bridgehead atoms. The van der Waals surface area contributed by atoms with Crippen LogP contribution < -0.4 is 9.80 Å². The van der Waals surface area contributed by atoms with Crippen molar-refractivity contribution in [2.45, 2.75) is 0 Å². The van der Waals surface area contributed by atoms with Gasteiger partial charge in [0.05, 0.1) is 5.69 Å². The maximum Gasteiger partial charge on any atom is 0.159 e. The van der Waals surface area contributed by atoms with Gasteiger partial charge in [0, 0.05) is 110 Å². The number of rotatable bonds is 8. The van der Waals surface area contributed by atoms with Gasteiger partial charge in [-0.05, 0) is 170 Å². The molecule has 0 aliphatic rings. The molecule has 20 rings (SSSR count). The zero-order valence-electron chi connectivity index (χ0n) is 48.6. The molecular formula is C84H48N2O2S3. The smallest absolute Gasteiger partial charge is 0.159 e. The van der Waals surface area contributed by atoms with E-state index in [9.17, 15) is 0 Å². The van der Waals surface area contributed by atoms with Crippen molar-refractivity contribution >= 4 is 205 Å². The van der Waals surface area contributed by atoms with Gasteiger partial charge in [0.1, 0.15) is 16.7 Å². The van der Waals surface area contributed by atoms with E-state index in [1.54, 1.807) is 0 Å². The van der Waals surface area contributed by atoms with E-state index in [2.05, 4.69) is 295 Å². The lowest BCUT2D eigenvalue weighted by Crippen LogP contribution is -2.10. The summed E-state index contributed by atoms with van der Waals surface area (Å²) in [6.45, 7) is 0. The molecule has 4 nitrogen and oxygen atoms in total. The lowest BCUT2D eigenvalue weighted by molar-refractivity contribution is 0.668. The van der Waals surface area contributed by atoms with Crippen molar-refractivity contribution in [3.05, 3.63) is 291 Å². The summed E-state index contributed by atoms with van der Waals surface area (Å²) in [5.74, 6) is 0. The first-order valence-corrected chi connectivity index (χ1v) is 33.2. The summed E-state index contributed by atoms with van der Waals surface area (Å²) in [6, 6.07) is 107. The second-order valence-corrected chi connectivity index (χ2v) is 27.0. The molecule has 91 heavy (non-hydrogen) atoms. The zero-order valence-corrected chi connectivity index (χ0v) is 51.1. The van der Waals surface area contributed by atoms with Gasteiger partial charge in [-0.25, -0.2) is 0 Å². The number of hydrogen-bond donors (Lipinski definition) is 0. The third-order valence-electron chi connectivity index (χ3n) is 18.8. The second kappa shape index (κ2) is 19.7. The van der Waals surface area contributed by atoms with Crippen LogP contribution in [-0.4, -0.2) is 0 Å². The van der Waals surface area contributed by atoms with Crippen LogP contribution in [-0.2, 0) is 0 Å².